The number of hydrogen-bond acceptors (Lipinski definition) is 9. The van der Waals surface area contributed by atoms with E-state index in [9.17, 15) is 23.1 Å². The summed E-state index contributed by atoms with van der Waals surface area (Å²) in [4.78, 5) is 30.0. The van der Waals surface area contributed by atoms with Crippen LogP contribution in [0.15, 0.2) is 76.0 Å². The number of nitrogens with two attached hydrogens (primary N) is 1. The third-order valence-corrected chi connectivity index (χ3v) is 8.10. The Kier molecular flexibility index (Phi) is 8.49. The molecule has 6 aromatic rings. The van der Waals surface area contributed by atoms with Crippen LogP contribution in [-0.2, 0) is 11.3 Å². The fraction of sp³-hybridized carbons (Fsp3) is 0.242. The van der Waals surface area contributed by atoms with Gasteiger partial charge in [-0.2, -0.15) is 18.3 Å². The van der Waals surface area contributed by atoms with Crippen molar-refractivity contribution in [3.05, 3.63) is 94.2 Å². The molecule has 7 rings (SSSR count). The van der Waals surface area contributed by atoms with Gasteiger partial charge in [-0.25, -0.2) is 14.5 Å². The molecule has 248 valence electrons. The van der Waals surface area contributed by atoms with Gasteiger partial charge in [0.15, 0.2) is 16.9 Å². The van der Waals surface area contributed by atoms with Crippen LogP contribution in [0.1, 0.15) is 23.5 Å². The number of aryl methyl sites for hydroxylation is 2. The van der Waals surface area contributed by atoms with Crippen LogP contribution in [-0.4, -0.2) is 70.9 Å². The van der Waals surface area contributed by atoms with E-state index in [4.69, 9.17) is 25.1 Å². The van der Waals surface area contributed by atoms with Crippen molar-refractivity contribution in [3.8, 4) is 22.5 Å². The van der Waals surface area contributed by atoms with E-state index in [1.54, 1.807) is 15.3 Å². The Morgan fingerprint density at radius 2 is 1.75 bits per heavy atom. The molecule has 4 N–H and O–H groups in total. The molecule has 1 aliphatic rings. The maximum absolute atomic E-state index is 14.0. The molecule has 0 spiro atoms. The zero-order valence-electron chi connectivity index (χ0n) is 25.8. The number of aliphatic carboxylic acids is 1. The number of anilines is 1. The lowest BCUT2D eigenvalue weighted by Crippen LogP contribution is -2.24. The van der Waals surface area contributed by atoms with Crippen LogP contribution >= 0.6 is 0 Å². The molecule has 0 bridgehead atoms. The molecule has 1 saturated heterocycles. The minimum atomic E-state index is -5.08. The lowest BCUT2D eigenvalue weighted by atomic mass is 9.99. The molecule has 0 unspecified atom stereocenters. The Bertz CT molecular complexity index is 2210. The Balaban J connectivity index is 0.000000519. The number of aliphatic hydroxyl groups is 1. The van der Waals surface area contributed by atoms with Gasteiger partial charge in [0.1, 0.15) is 11.3 Å². The van der Waals surface area contributed by atoms with Gasteiger partial charge in [0, 0.05) is 19.6 Å². The third-order valence-electron chi connectivity index (χ3n) is 8.10. The number of aliphatic hydroxyl groups excluding tert-OH is 1. The monoisotopic (exact) mass is 661 g/mol. The second kappa shape index (κ2) is 12.6. The topological polar surface area (TPSA) is 166 Å². The van der Waals surface area contributed by atoms with Crippen LogP contribution < -0.4 is 11.3 Å². The Labute approximate surface area is 270 Å². The Hall–Kier alpha value is -5.54. The molecule has 3 aromatic carbocycles. The molecule has 0 aliphatic carbocycles. The summed E-state index contributed by atoms with van der Waals surface area (Å²) in [5, 5.41) is 26.2. The first kappa shape index (κ1) is 32.4. The number of carbonyl (C=O) groups is 1. The molecular formula is C33H30F3N7O5. The van der Waals surface area contributed by atoms with Gasteiger partial charge in [-0.05, 0) is 67.3 Å². The first-order chi connectivity index (χ1) is 22.8. The number of halogens is 3. The van der Waals surface area contributed by atoms with E-state index in [0.717, 1.165) is 36.3 Å². The zero-order chi connectivity index (χ0) is 34.3. The molecule has 4 heterocycles. The number of rotatable bonds is 5. The van der Waals surface area contributed by atoms with Gasteiger partial charge in [0.25, 0.3) is 5.56 Å². The van der Waals surface area contributed by atoms with Crippen molar-refractivity contribution in [2.24, 2.45) is 0 Å². The van der Waals surface area contributed by atoms with E-state index in [1.165, 1.54) is 5.56 Å². The molecule has 1 aliphatic heterocycles. The van der Waals surface area contributed by atoms with Crippen LogP contribution in [0, 0.1) is 13.8 Å². The first-order valence-corrected chi connectivity index (χ1v) is 14.9. The van der Waals surface area contributed by atoms with E-state index in [-0.39, 0.29) is 17.5 Å². The van der Waals surface area contributed by atoms with Crippen molar-refractivity contribution in [2.45, 2.75) is 39.1 Å². The van der Waals surface area contributed by atoms with Crippen molar-refractivity contribution >= 4 is 33.8 Å². The van der Waals surface area contributed by atoms with E-state index in [0.29, 0.717) is 45.8 Å². The summed E-state index contributed by atoms with van der Waals surface area (Å²) in [7, 11) is 0. The molecule has 1 atom stereocenters. The summed E-state index contributed by atoms with van der Waals surface area (Å²) in [5.41, 5.74) is 12.7. The fourth-order valence-corrected chi connectivity index (χ4v) is 5.80. The lowest BCUT2D eigenvalue weighted by Gasteiger charge is -2.18. The molecule has 3 aromatic heterocycles. The lowest BCUT2D eigenvalue weighted by molar-refractivity contribution is -0.192. The number of benzene rings is 3. The van der Waals surface area contributed by atoms with Crippen LogP contribution in [0.2, 0.25) is 0 Å². The van der Waals surface area contributed by atoms with Gasteiger partial charge in [-0.1, -0.05) is 41.6 Å². The molecule has 1 fully saturated rings. The number of fused-ring (bicyclic) bond motifs is 2. The largest absolute Gasteiger partial charge is 0.490 e. The predicted octanol–water partition coefficient (Wildman–Crippen LogP) is 4.78. The normalized spacial score (nSPS) is 15.2. The number of likely N-dealkylation sites (tertiary alicyclic amines) is 1. The maximum atomic E-state index is 14.0. The first-order valence-electron chi connectivity index (χ1n) is 14.9. The molecule has 48 heavy (non-hydrogen) atoms. The molecule has 15 heteroatoms. The second-order valence-corrected chi connectivity index (χ2v) is 11.4. The number of nitrogens with zero attached hydrogens (tertiary/aromatic N) is 6. The van der Waals surface area contributed by atoms with Crippen molar-refractivity contribution < 1.29 is 32.7 Å². The maximum Gasteiger partial charge on any atom is 0.490 e. The van der Waals surface area contributed by atoms with E-state index >= 15 is 0 Å². The van der Waals surface area contributed by atoms with Crippen molar-refractivity contribution in [1.82, 2.24) is 29.4 Å². The highest BCUT2D eigenvalue weighted by Crippen LogP contribution is 2.29. The fourth-order valence-electron chi connectivity index (χ4n) is 5.80. The summed E-state index contributed by atoms with van der Waals surface area (Å²) < 4.78 is 40.2. The highest BCUT2D eigenvalue weighted by Gasteiger charge is 2.38. The van der Waals surface area contributed by atoms with Crippen LogP contribution in [0.4, 0.5) is 19.0 Å². The average molecular weight is 662 g/mol. The minimum Gasteiger partial charge on any atom is -0.475 e. The van der Waals surface area contributed by atoms with Gasteiger partial charge in [-0.15, -0.1) is 0 Å². The van der Waals surface area contributed by atoms with Gasteiger partial charge in [0.2, 0.25) is 0 Å². The highest BCUT2D eigenvalue weighted by molar-refractivity contribution is 5.89. The Morgan fingerprint density at radius 3 is 2.42 bits per heavy atom. The Morgan fingerprint density at radius 1 is 1.06 bits per heavy atom. The smallest absolute Gasteiger partial charge is 0.475 e. The highest BCUT2D eigenvalue weighted by atomic mass is 19.4. The molecular weight excluding hydrogens is 631 g/mol. The van der Waals surface area contributed by atoms with Gasteiger partial charge in [0.05, 0.1) is 28.6 Å². The van der Waals surface area contributed by atoms with Gasteiger partial charge < -0.3 is 20.5 Å². The standard InChI is InChI=1S/C31H29N7O3.C2HF3O2/c1-18-28-29(38(34-18)23-11-12-27-26(15-23)30(32)35-41-27)31(40)37(19(2)33-28)22-9-7-20(8-10-22)25-6-4-3-5-21(25)16-36-14-13-24(39)17-36;3-2(4,5)1(6)7/h3-12,15,24,39H,13-14,16-17H2,1-2H3,(H2,32,35);(H,6,7)/t24-;/m1./s1. The zero-order valence-corrected chi connectivity index (χ0v) is 25.8. The number of nitrogen functional groups attached to an aromatic ring is 1. The SMILES string of the molecule is Cc1nn(-c2ccc3onc(N)c3c2)c2c(=O)n(-c3ccc(-c4ccccc4CN4CC[C@@H](O)C4)cc3)c(C)nc12.O=C(O)C(F)(F)F. The molecule has 0 amide bonds. The summed E-state index contributed by atoms with van der Waals surface area (Å²) >= 11 is 0. The average Bonchev–Trinajstić information content (AvgIpc) is 3.74. The van der Waals surface area contributed by atoms with E-state index in [1.807, 2.05) is 62.4 Å². The quantitative estimate of drug-likeness (QED) is 0.234. The summed E-state index contributed by atoms with van der Waals surface area (Å²) in [6.45, 7) is 6.04. The molecule has 0 radical (unpaired) electrons. The number of aromatic nitrogens is 5. The summed E-state index contributed by atoms with van der Waals surface area (Å²) in [6, 6.07) is 21.7. The number of hydrogen-bond donors (Lipinski definition) is 3. The van der Waals surface area contributed by atoms with Gasteiger partial charge >= 0.3 is 12.1 Å². The second-order valence-electron chi connectivity index (χ2n) is 11.4. The molecule has 0 saturated carbocycles. The van der Waals surface area contributed by atoms with Crippen molar-refractivity contribution in [3.63, 3.8) is 0 Å². The summed E-state index contributed by atoms with van der Waals surface area (Å²) in [6.07, 6.45) is -4.52. The number of β-amino-alcohol motifs (C(OH)–C–C–N with tert-alkyl or cyclic N) is 1. The van der Waals surface area contributed by atoms with Crippen LogP contribution in [0.25, 0.3) is 44.5 Å². The minimum absolute atomic E-state index is 0.216. The van der Waals surface area contributed by atoms with Crippen molar-refractivity contribution in [2.75, 3.05) is 18.8 Å². The third kappa shape index (κ3) is 6.24. The van der Waals surface area contributed by atoms with Gasteiger partial charge in [-0.3, -0.25) is 14.3 Å². The molecule has 12 nitrogen and oxygen atoms in total. The van der Waals surface area contributed by atoms with Crippen LogP contribution in [0.5, 0.6) is 0 Å². The van der Waals surface area contributed by atoms with Crippen LogP contribution in [0.3, 0.4) is 0 Å². The number of carboxylic acid groups (broad SMARTS) is 1. The van der Waals surface area contributed by atoms with Crippen molar-refractivity contribution in [1.29, 1.82) is 0 Å². The van der Waals surface area contributed by atoms with E-state index < -0.39 is 12.1 Å². The number of alkyl halides is 3. The van der Waals surface area contributed by atoms with E-state index in [2.05, 4.69) is 27.3 Å². The predicted molar refractivity (Wildman–Crippen MR) is 171 cm³/mol. The summed E-state index contributed by atoms with van der Waals surface area (Å²) in [5.74, 6) is -1.90. The number of carboxylic acids is 1.